The van der Waals surface area contributed by atoms with Gasteiger partial charge in [0, 0.05) is 19.4 Å². The molecule has 0 unspecified atom stereocenters. The van der Waals surface area contributed by atoms with Crippen molar-refractivity contribution in [3.8, 4) is 0 Å². The van der Waals surface area contributed by atoms with Gasteiger partial charge in [0.15, 0.2) is 5.65 Å². The second kappa shape index (κ2) is 4.20. The van der Waals surface area contributed by atoms with Crippen LogP contribution in [0.2, 0.25) is 0 Å². The zero-order valence-electron chi connectivity index (χ0n) is 10.5. The number of fused-ring (bicyclic) bond motifs is 1. The van der Waals surface area contributed by atoms with Crippen molar-refractivity contribution in [2.45, 2.75) is 6.92 Å². The molecular formula is C12H12N6O. The molecule has 0 fully saturated rings. The van der Waals surface area contributed by atoms with Crippen LogP contribution in [0.5, 0.6) is 0 Å². The average Bonchev–Trinajstić information content (AvgIpc) is 2.94. The van der Waals surface area contributed by atoms with E-state index in [1.54, 1.807) is 23.0 Å². The van der Waals surface area contributed by atoms with Gasteiger partial charge in [-0.15, -0.1) is 0 Å². The van der Waals surface area contributed by atoms with Crippen LogP contribution in [0, 0.1) is 6.92 Å². The van der Waals surface area contributed by atoms with Crippen LogP contribution < -0.4 is 5.32 Å². The van der Waals surface area contributed by atoms with E-state index in [1.807, 2.05) is 14.0 Å². The normalized spacial score (nSPS) is 10.8. The minimum absolute atomic E-state index is 0.234. The first-order chi connectivity index (χ1) is 9.16. The highest BCUT2D eigenvalue weighted by atomic mass is 16.1. The number of aromatic amines is 1. The van der Waals surface area contributed by atoms with Crippen molar-refractivity contribution < 1.29 is 4.79 Å². The minimum atomic E-state index is -0.234. The number of amides is 1. The monoisotopic (exact) mass is 256 g/mol. The molecule has 3 rings (SSSR count). The molecule has 7 heteroatoms. The first-order valence-corrected chi connectivity index (χ1v) is 5.76. The lowest BCUT2D eigenvalue weighted by molar-refractivity contribution is 0.102. The molecule has 2 N–H and O–H groups in total. The largest absolute Gasteiger partial charge is 0.306 e. The molecule has 0 bridgehead atoms. The van der Waals surface area contributed by atoms with Crippen LogP contribution in [0.3, 0.4) is 0 Å². The maximum absolute atomic E-state index is 12.0. The zero-order valence-corrected chi connectivity index (χ0v) is 10.5. The Kier molecular flexibility index (Phi) is 2.52. The Morgan fingerprint density at radius 3 is 3.05 bits per heavy atom. The van der Waals surface area contributed by atoms with Crippen molar-refractivity contribution in [2.24, 2.45) is 7.05 Å². The molecule has 0 radical (unpaired) electrons. The highest BCUT2D eigenvalue weighted by molar-refractivity contribution is 6.07. The van der Waals surface area contributed by atoms with Crippen LogP contribution in [0.25, 0.3) is 11.0 Å². The number of carbonyl (C=O) groups is 1. The number of nitrogens with zero attached hydrogens (tertiary/aromatic N) is 4. The first-order valence-electron chi connectivity index (χ1n) is 5.76. The minimum Gasteiger partial charge on any atom is -0.306 e. The number of nitrogens with one attached hydrogen (secondary N) is 2. The summed E-state index contributed by atoms with van der Waals surface area (Å²) in [6.07, 6.45) is 3.13. The first kappa shape index (κ1) is 11.4. The summed E-state index contributed by atoms with van der Waals surface area (Å²) in [4.78, 5) is 16.0. The number of aryl methyl sites for hydroxylation is 2. The average molecular weight is 256 g/mol. The highest BCUT2D eigenvalue weighted by Crippen LogP contribution is 2.23. The lowest BCUT2D eigenvalue weighted by atomic mass is 10.2. The van der Waals surface area contributed by atoms with Gasteiger partial charge in [0.05, 0.1) is 16.6 Å². The van der Waals surface area contributed by atoms with Gasteiger partial charge < -0.3 is 5.32 Å². The molecule has 1 amide bonds. The summed E-state index contributed by atoms with van der Waals surface area (Å²) in [5.74, 6) is 0.316. The maximum Gasteiger partial charge on any atom is 0.258 e. The van der Waals surface area contributed by atoms with Crippen LogP contribution >= 0.6 is 0 Å². The van der Waals surface area contributed by atoms with Crippen LogP contribution in [-0.4, -0.2) is 30.9 Å². The molecule has 3 heterocycles. The number of anilines is 1. The highest BCUT2D eigenvalue weighted by Gasteiger charge is 2.16. The molecular weight excluding hydrogens is 244 g/mol. The van der Waals surface area contributed by atoms with Gasteiger partial charge in [-0.2, -0.15) is 10.2 Å². The maximum atomic E-state index is 12.0. The lowest BCUT2D eigenvalue weighted by Gasteiger charge is -2.02. The predicted octanol–water partition coefficient (Wildman–Crippen LogP) is 1.25. The van der Waals surface area contributed by atoms with E-state index < -0.39 is 0 Å². The number of pyridine rings is 1. The molecule has 96 valence electrons. The number of rotatable bonds is 2. The van der Waals surface area contributed by atoms with E-state index in [0.717, 1.165) is 11.1 Å². The van der Waals surface area contributed by atoms with Gasteiger partial charge in [-0.3, -0.25) is 14.9 Å². The van der Waals surface area contributed by atoms with E-state index in [-0.39, 0.29) is 5.91 Å². The van der Waals surface area contributed by atoms with Gasteiger partial charge in [-0.05, 0) is 19.1 Å². The van der Waals surface area contributed by atoms with Crippen molar-refractivity contribution >= 4 is 22.8 Å². The number of carbonyl (C=O) groups excluding carboxylic acids is 1. The molecule has 0 saturated heterocycles. The van der Waals surface area contributed by atoms with Gasteiger partial charge in [-0.25, -0.2) is 4.68 Å². The molecule has 7 nitrogen and oxygen atoms in total. The van der Waals surface area contributed by atoms with Gasteiger partial charge in [0.25, 0.3) is 5.91 Å². The summed E-state index contributed by atoms with van der Waals surface area (Å²) in [6, 6.07) is 3.42. The Morgan fingerprint density at radius 2 is 2.32 bits per heavy atom. The van der Waals surface area contributed by atoms with Gasteiger partial charge >= 0.3 is 0 Å². The lowest BCUT2D eigenvalue weighted by Crippen LogP contribution is -2.12. The Hall–Kier alpha value is -2.70. The smallest absolute Gasteiger partial charge is 0.258 e. The van der Waals surface area contributed by atoms with Crippen molar-refractivity contribution in [1.82, 2.24) is 25.0 Å². The molecule has 3 aromatic heterocycles. The summed E-state index contributed by atoms with van der Waals surface area (Å²) >= 11 is 0. The molecule has 19 heavy (non-hydrogen) atoms. The Labute approximate surface area is 108 Å². The van der Waals surface area contributed by atoms with E-state index in [4.69, 9.17) is 0 Å². The summed E-state index contributed by atoms with van der Waals surface area (Å²) in [5, 5.41) is 14.8. The SMILES string of the molecule is Cc1nn(C)c2n[nH]c(NC(=O)c3cccnc3)c12. The fourth-order valence-corrected chi connectivity index (χ4v) is 2.00. The van der Waals surface area contributed by atoms with Crippen molar-refractivity contribution in [3.63, 3.8) is 0 Å². The third-order valence-corrected chi connectivity index (χ3v) is 2.88. The van der Waals surface area contributed by atoms with Crippen molar-refractivity contribution in [3.05, 3.63) is 35.8 Å². The van der Waals surface area contributed by atoms with Gasteiger partial charge in [-0.1, -0.05) is 0 Å². The molecule has 0 saturated carbocycles. The summed E-state index contributed by atoms with van der Waals surface area (Å²) in [5.41, 5.74) is 2.01. The van der Waals surface area contributed by atoms with Crippen LogP contribution in [0.15, 0.2) is 24.5 Å². The molecule has 0 aromatic carbocycles. The topological polar surface area (TPSA) is 88.5 Å². The van der Waals surface area contributed by atoms with E-state index in [0.29, 0.717) is 17.0 Å². The van der Waals surface area contributed by atoms with E-state index in [1.165, 1.54) is 6.20 Å². The molecule has 0 spiro atoms. The summed E-state index contributed by atoms with van der Waals surface area (Å²) < 4.78 is 1.67. The standard InChI is InChI=1S/C12H12N6O/c1-7-9-10(15-16-11(9)18(2)17-7)14-12(19)8-4-3-5-13-6-8/h3-6H,1-2H3,(H2,14,15,16,19). The van der Waals surface area contributed by atoms with E-state index in [2.05, 4.69) is 25.6 Å². The number of aromatic nitrogens is 5. The molecule has 3 aromatic rings. The number of hydrogen-bond donors (Lipinski definition) is 2. The number of H-pyrrole nitrogens is 1. The van der Waals surface area contributed by atoms with E-state index in [9.17, 15) is 4.79 Å². The summed E-state index contributed by atoms with van der Waals surface area (Å²) in [6.45, 7) is 1.87. The van der Waals surface area contributed by atoms with Crippen molar-refractivity contribution in [1.29, 1.82) is 0 Å². The Morgan fingerprint density at radius 1 is 1.47 bits per heavy atom. The van der Waals surface area contributed by atoms with Crippen LogP contribution in [0.1, 0.15) is 16.1 Å². The molecule has 0 aliphatic carbocycles. The van der Waals surface area contributed by atoms with Crippen LogP contribution in [-0.2, 0) is 7.05 Å². The Balaban J connectivity index is 1.96. The van der Waals surface area contributed by atoms with E-state index >= 15 is 0 Å². The second-order valence-electron chi connectivity index (χ2n) is 4.20. The summed E-state index contributed by atoms with van der Waals surface area (Å²) in [7, 11) is 1.81. The molecule has 0 aliphatic heterocycles. The quantitative estimate of drug-likeness (QED) is 0.722. The zero-order chi connectivity index (χ0) is 13.4. The molecule has 0 atom stereocenters. The van der Waals surface area contributed by atoms with Crippen molar-refractivity contribution in [2.75, 3.05) is 5.32 Å². The predicted molar refractivity (Wildman–Crippen MR) is 69.8 cm³/mol. The fourth-order valence-electron chi connectivity index (χ4n) is 2.00. The Bertz CT molecular complexity index is 742. The van der Waals surface area contributed by atoms with Crippen LogP contribution in [0.4, 0.5) is 5.82 Å². The number of hydrogen-bond acceptors (Lipinski definition) is 4. The van der Waals surface area contributed by atoms with Gasteiger partial charge in [0.1, 0.15) is 5.82 Å². The fraction of sp³-hybridized carbons (Fsp3) is 0.167. The van der Waals surface area contributed by atoms with Gasteiger partial charge in [0.2, 0.25) is 0 Å². The second-order valence-corrected chi connectivity index (χ2v) is 4.20. The molecule has 0 aliphatic rings. The third-order valence-electron chi connectivity index (χ3n) is 2.88. The third kappa shape index (κ3) is 1.85.